The molecule has 1 aromatic carbocycles. The van der Waals surface area contributed by atoms with E-state index in [-0.39, 0.29) is 17.7 Å². The van der Waals surface area contributed by atoms with Gasteiger partial charge in [0.2, 0.25) is 11.8 Å². The van der Waals surface area contributed by atoms with Gasteiger partial charge in [0.25, 0.3) is 0 Å². The summed E-state index contributed by atoms with van der Waals surface area (Å²) >= 11 is 0. The summed E-state index contributed by atoms with van der Waals surface area (Å²) in [6.45, 7) is 0.955. The van der Waals surface area contributed by atoms with Crippen molar-refractivity contribution in [1.82, 2.24) is 15.2 Å². The van der Waals surface area contributed by atoms with E-state index < -0.39 is 12.1 Å². The second-order valence-corrected chi connectivity index (χ2v) is 9.27. The molecular formula is C28H37N5O2. The molecule has 1 aromatic heterocycles. The van der Waals surface area contributed by atoms with E-state index in [2.05, 4.69) is 32.7 Å². The van der Waals surface area contributed by atoms with Crippen molar-refractivity contribution < 1.29 is 9.59 Å². The summed E-state index contributed by atoms with van der Waals surface area (Å²) in [6.07, 6.45) is 17.4. The van der Waals surface area contributed by atoms with Crippen LogP contribution in [0.5, 0.6) is 0 Å². The zero-order valence-electron chi connectivity index (χ0n) is 20.7. The van der Waals surface area contributed by atoms with Gasteiger partial charge in [-0.25, -0.2) is 0 Å². The number of aromatic nitrogens is 1. The van der Waals surface area contributed by atoms with Crippen LogP contribution >= 0.6 is 0 Å². The van der Waals surface area contributed by atoms with Gasteiger partial charge in [0.1, 0.15) is 6.04 Å². The molecule has 0 unspecified atom stereocenters. The second-order valence-electron chi connectivity index (χ2n) is 9.27. The van der Waals surface area contributed by atoms with Gasteiger partial charge in [-0.05, 0) is 64.4 Å². The fraction of sp³-hybridized carbons (Fsp3) is 0.393. The number of rotatable bonds is 12. The number of nitrogens with two attached hydrogens (primary N) is 1. The maximum atomic E-state index is 13.2. The van der Waals surface area contributed by atoms with Gasteiger partial charge in [0, 0.05) is 5.39 Å². The number of nitrogens with zero attached hydrogens (tertiary/aromatic N) is 2. The first-order valence-electron chi connectivity index (χ1n) is 12.3. The standard InChI is InChI=1S/C28H37N5O2/c1-33(2)18-10-9-14-24(29)27(34)32-26(17-16-21-11-5-3-4-6-12-21)28(35)31-23-19-22-13-7-8-15-25(22)30-20-23/h3-8,11-13,15,19-21,24,26H,9-10,14,16-18,29H2,1-2H3,(H,31,35)(H,32,34)/t24-,26+/m0/s1. The molecule has 0 saturated heterocycles. The Morgan fingerprint density at radius 1 is 1.03 bits per heavy atom. The molecule has 1 heterocycles. The quantitative estimate of drug-likeness (QED) is 0.406. The van der Waals surface area contributed by atoms with Gasteiger partial charge in [0.15, 0.2) is 0 Å². The molecule has 2 aromatic rings. The van der Waals surface area contributed by atoms with E-state index in [0.717, 1.165) is 36.7 Å². The van der Waals surface area contributed by atoms with Crippen LogP contribution in [0.15, 0.2) is 73.0 Å². The predicted octanol–water partition coefficient (Wildman–Crippen LogP) is 3.80. The number of para-hydroxylation sites is 1. The number of hydrogen-bond acceptors (Lipinski definition) is 5. The van der Waals surface area contributed by atoms with E-state index in [1.807, 2.05) is 68.7 Å². The molecular weight excluding hydrogens is 438 g/mol. The Balaban J connectivity index is 1.64. The normalized spacial score (nSPS) is 15.2. The average Bonchev–Trinajstić information content (AvgIpc) is 3.12. The van der Waals surface area contributed by atoms with Gasteiger partial charge in [-0.15, -0.1) is 0 Å². The highest BCUT2D eigenvalue weighted by Gasteiger charge is 2.24. The predicted molar refractivity (Wildman–Crippen MR) is 143 cm³/mol. The minimum Gasteiger partial charge on any atom is -0.343 e. The molecule has 2 amide bonds. The average molecular weight is 476 g/mol. The summed E-state index contributed by atoms with van der Waals surface area (Å²) in [5.41, 5.74) is 7.61. The topological polar surface area (TPSA) is 100 Å². The van der Waals surface area contributed by atoms with Crippen LogP contribution in [-0.2, 0) is 9.59 Å². The SMILES string of the molecule is CN(C)CCCC[C@H](N)C(=O)N[C@H](CCC1C=CC=CC=C1)C(=O)Nc1cnc2ccccc2c1. The molecule has 0 saturated carbocycles. The third-order valence-electron chi connectivity index (χ3n) is 6.04. The van der Waals surface area contributed by atoms with Crippen molar-refractivity contribution in [2.24, 2.45) is 11.7 Å². The van der Waals surface area contributed by atoms with Gasteiger partial charge in [-0.1, -0.05) is 61.1 Å². The van der Waals surface area contributed by atoms with E-state index in [0.29, 0.717) is 18.5 Å². The monoisotopic (exact) mass is 475 g/mol. The number of nitrogens with one attached hydrogen (secondary N) is 2. The first kappa shape index (κ1) is 26.3. The van der Waals surface area contributed by atoms with Crippen molar-refractivity contribution in [2.45, 2.75) is 44.2 Å². The second kappa shape index (κ2) is 13.6. The fourth-order valence-electron chi connectivity index (χ4n) is 4.00. The van der Waals surface area contributed by atoms with Gasteiger partial charge in [0.05, 0.1) is 23.4 Å². The lowest BCUT2D eigenvalue weighted by Crippen LogP contribution is -2.50. The molecule has 0 bridgehead atoms. The Kier molecular flexibility index (Phi) is 10.2. The highest BCUT2D eigenvalue weighted by Crippen LogP contribution is 2.18. The molecule has 4 N–H and O–H groups in total. The van der Waals surface area contributed by atoms with E-state index in [4.69, 9.17) is 5.73 Å². The lowest BCUT2D eigenvalue weighted by molar-refractivity contribution is -0.127. The minimum absolute atomic E-state index is 0.194. The summed E-state index contributed by atoms with van der Waals surface area (Å²) in [6, 6.07) is 8.28. The Morgan fingerprint density at radius 3 is 2.51 bits per heavy atom. The zero-order chi connectivity index (χ0) is 25.0. The third kappa shape index (κ3) is 8.77. The number of carbonyl (C=O) groups excluding carboxylic acids is 2. The van der Waals surface area contributed by atoms with Crippen LogP contribution < -0.4 is 16.4 Å². The van der Waals surface area contributed by atoms with Crippen LogP contribution in [0, 0.1) is 5.92 Å². The number of hydrogen-bond donors (Lipinski definition) is 3. The third-order valence-corrected chi connectivity index (χ3v) is 6.04. The number of pyridine rings is 1. The number of amides is 2. The molecule has 0 radical (unpaired) electrons. The van der Waals surface area contributed by atoms with Crippen molar-refractivity contribution in [2.75, 3.05) is 26.0 Å². The molecule has 0 fully saturated rings. The number of unbranched alkanes of at least 4 members (excludes halogenated alkanes) is 1. The van der Waals surface area contributed by atoms with Crippen molar-refractivity contribution in [3.05, 3.63) is 73.0 Å². The van der Waals surface area contributed by atoms with E-state index in [9.17, 15) is 9.59 Å². The zero-order valence-corrected chi connectivity index (χ0v) is 20.7. The van der Waals surface area contributed by atoms with Crippen LogP contribution in [0.2, 0.25) is 0 Å². The summed E-state index contributed by atoms with van der Waals surface area (Å²) < 4.78 is 0. The Labute approximate surface area is 208 Å². The number of carbonyl (C=O) groups is 2. The lowest BCUT2D eigenvalue weighted by Gasteiger charge is -2.22. The van der Waals surface area contributed by atoms with Crippen LogP contribution in [-0.4, -0.2) is 54.4 Å². The summed E-state index contributed by atoms with van der Waals surface area (Å²) in [7, 11) is 4.05. The molecule has 35 heavy (non-hydrogen) atoms. The van der Waals surface area contributed by atoms with Crippen LogP contribution in [0.25, 0.3) is 10.9 Å². The molecule has 186 valence electrons. The summed E-state index contributed by atoms with van der Waals surface area (Å²) in [5, 5.41) is 6.78. The van der Waals surface area contributed by atoms with E-state index in [1.54, 1.807) is 6.20 Å². The highest BCUT2D eigenvalue weighted by atomic mass is 16.2. The van der Waals surface area contributed by atoms with Crippen molar-refractivity contribution in [1.29, 1.82) is 0 Å². The van der Waals surface area contributed by atoms with Crippen LogP contribution in [0.4, 0.5) is 5.69 Å². The first-order valence-corrected chi connectivity index (χ1v) is 12.3. The highest BCUT2D eigenvalue weighted by molar-refractivity contribution is 5.98. The summed E-state index contributed by atoms with van der Waals surface area (Å²) in [5.74, 6) is -0.366. The number of fused-ring (bicyclic) bond motifs is 1. The van der Waals surface area contributed by atoms with Crippen molar-refractivity contribution in [3.63, 3.8) is 0 Å². The van der Waals surface area contributed by atoms with E-state index >= 15 is 0 Å². The maximum absolute atomic E-state index is 13.2. The Bertz CT molecular complexity index is 1060. The van der Waals surface area contributed by atoms with Gasteiger partial charge in [-0.2, -0.15) is 0 Å². The van der Waals surface area contributed by atoms with Gasteiger partial charge >= 0.3 is 0 Å². The Hall–Kier alpha value is -3.29. The molecule has 1 aliphatic carbocycles. The van der Waals surface area contributed by atoms with Crippen molar-refractivity contribution in [3.8, 4) is 0 Å². The van der Waals surface area contributed by atoms with Gasteiger partial charge < -0.3 is 21.3 Å². The molecule has 1 aliphatic rings. The minimum atomic E-state index is -0.695. The van der Waals surface area contributed by atoms with E-state index in [1.165, 1.54) is 0 Å². The smallest absolute Gasteiger partial charge is 0.246 e. The number of allylic oxidation sites excluding steroid dienone is 6. The van der Waals surface area contributed by atoms with Crippen LogP contribution in [0.3, 0.4) is 0 Å². The first-order chi connectivity index (χ1) is 16.9. The number of benzene rings is 1. The van der Waals surface area contributed by atoms with Gasteiger partial charge in [-0.3, -0.25) is 14.6 Å². The molecule has 0 aliphatic heterocycles. The molecule has 0 spiro atoms. The molecule has 7 nitrogen and oxygen atoms in total. The summed E-state index contributed by atoms with van der Waals surface area (Å²) in [4.78, 5) is 32.6. The van der Waals surface area contributed by atoms with Crippen LogP contribution in [0.1, 0.15) is 32.1 Å². The fourth-order valence-corrected chi connectivity index (χ4v) is 4.00. The maximum Gasteiger partial charge on any atom is 0.246 e. The largest absolute Gasteiger partial charge is 0.343 e. The molecule has 3 rings (SSSR count). The van der Waals surface area contributed by atoms with Crippen molar-refractivity contribution >= 4 is 28.4 Å². The number of anilines is 1. The Morgan fingerprint density at radius 2 is 1.77 bits per heavy atom. The lowest BCUT2D eigenvalue weighted by atomic mass is 9.98. The molecule has 7 heteroatoms. The molecule has 2 atom stereocenters.